The first-order valence-corrected chi connectivity index (χ1v) is 12.3. The Bertz CT molecular complexity index is 1540. The maximum Gasteiger partial charge on any atom is 0.260 e. The average Bonchev–Trinajstić information content (AvgIpc) is 3.59. The molecule has 5 heterocycles. The van der Waals surface area contributed by atoms with Gasteiger partial charge in [-0.15, -0.1) is 21.5 Å². The normalized spacial score (nSPS) is 16.1. The van der Waals surface area contributed by atoms with Gasteiger partial charge in [0, 0.05) is 18.0 Å². The van der Waals surface area contributed by atoms with Crippen LogP contribution in [-0.4, -0.2) is 31.3 Å². The number of nitrogens with one attached hydrogen (secondary N) is 1. The van der Waals surface area contributed by atoms with Gasteiger partial charge in [-0.25, -0.2) is 4.98 Å². The lowest BCUT2D eigenvalue weighted by atomic mass is 10.2. The van der Waals surface area contributed by atoms with Gasteiger partial charge < -0.3 is 23.4 Å². The van der Waals surface area contributed by atoms with Crippen molar-refractivity contribution in [2.75, 3.05) is 6.61 Å². The fourth-order valence-electron chi connectivity index (χ4n) is 3.84. The van der Waals surface area contributed by atoms with Gasteiger partial charge in [0.2, 0.25) is 0 Å². The van der Waals surface area contributed by atoms with Gasteiger partial charge in [0.05, 0.1) is 16.9 Å². The molecular weight excluding hydrogens is 474 g/mol. The molecule has 0 bridgehead atoms. The van der Waals surface area contributed by atoms with Gasteiger partial charge in [0.25, 0.3) is 5.56 Å². The Labute approximate surface area is 201 Å². The third-order valence-corrected chi connectivity index (χ3v) is 7.60. The second-order valence-corrected chi connectivity index (χ2v) is 9.95. The van der Waals surface area contributed by atoms with Crippen LogP contribution in [0, 0.1) is 0 Å². The van der Waals surface area contributed by atoms with E-state index in [2.05, 4.69) is 15.2 Å². The number of ether oxygens (including phenoxy) is 2. The van der Waals surface area contributed by atoms with E-state index in [4.69, 9.17) is 18.9 Å². The highest BCUT2D eigenvalue weighted by atomic mass is 32.2. The molecule has 9 nitrogen and oxygen atoms in total. The Morgan fingerprint density at radius 3 is 2.88 bits per heavy atom. The summed E-state index contributed by atoms with van der Waals surface area (Å²) in [7, 11) is 1.89. The summed E-state index contributed by atoms with van der Waals surface area (Å²) in [5.74, 6) is 3.30. The maximum atomic E-state index is 12.9. The van der Waals surface area contributed by atoms with Gasteiger partial charge in [0.15, 0.2) is 28.6 Å². The maximum absolute atomic E-state index is 12.9. The third-order valence-electron chi connectivity index (χ3n) is 5.58. The van der Waals surface area contributed by atoms with E-state index in [1.807, 2.05) is 54.3 Å². The summed E-state index contributed by atoms with van der Waals surface area (Å²) in [4.78, 5) is 21.2. The van der Waals surface area contributed by atoms with Crippen LogP contribution in [0.5, 0.6) is 11.5 Å². The predicted molar refractivity (Wildman–Crippen MR) is 129 cm³/mol. The number of thiophene rings is 1. The van der Waals surface area contributed by atoms with E-state index in [0.29, 0.717) is 45.1 Å². The first-order chi connectivity index (χ1) is 16.6. The Morgan fingerprint density at radius 2 is 2.06 bits per heavy atom. The first-order valence-electron chi connectivity index (χ1n) is 10.6. The van der Waals surface area contributed by atoms with Crippen LogP contribution in [0.1, 0.15) is 29.9 Å². The van der Waals surface area contributed by atoms with Crippen molar-refractivity contribution in [3.05, 3.63) is 70.0 Å². The van der Waals surface area contributed by atoms with Crippen LogP contribution in [0.3, 0.4) is 0 Å². The molecule has 1 aromatic carbocycles. The Hall–Kier alpha value is -3.57. The highest BCUT2D eigenvalue weighted by molar-refractivity contribution is 7.99. The highest BCUT2D eigenvalue weighted by Gasteiger charge is 2.28. The summed E-state index contributed by atoms with van der Waals surface area (Å²) < 4.78 is 19.3. The standard InChI is InChI=1S/C23H19N5O4S2/c1-12(19-24-21(29)18-13(11-33-22(18)25-19)14-8-5-9-30-14)34-23-27-26-20(28(23)2)17-10-31-15-6-3-4-7-16(15)32-17/h3-9,11-12,17H,10H2,1-2H3,(H,24,25,29). The van der Waals surface area contributed by atoms with Gasteiger partial charge in [-0.05, 0) is 31.2 Å². The molecule has 34 heavy (non-hydrogen) atoms. The molecular formula is C23H19N5O4S2. The van der Waals surface area contributed by atoms with Crippen molar-refractivity contribution in [2.45, 2.75) is 23.4 Å². The lowest BCUT2D eigenvalue weighted by molar-refractivity contribution is 0.0825. The minimum Gasteiger partial charge on any atom is -0.485 e. The van der Waals surface area contributed by atoms with E-state index >= 15 is 0 Å². The minimum atomic E-state index is -0.363. The molecule has 11 heteroatoms. The van der Waals surface area contributed by atoms with E-state index in [-0.39, 0.29) is 16.9 Å². The van der Waals surface area contributed by atoms with Crippen LogP contribution < -0.4 is 15.0 Å². The fraction of sp³-hybridized carbons (Fsp3) is 0.217. The van der Waals surface area contributed by atoms with Crippen molar-refractivity contribution in [1.29, 1.82) is 0 Å². The minimum absolute atomic E-state index is 0.161. The largest absolute Gasteiger partial charge is 0.485 e. The number of hydrogen-bond donors (Lipinski definition) is 1. The molecule has 1 aliphatic rings. The second kappa shape index (κ2) is 8.33. The quantitative estimate of drug-likeness (QED) is 0.350. The number of para-hydroxylation sites is 2. The van der Waals surface area contributed by atoms with Gasteiger partial charge in [-0.1, -0.05) is 23.9 Å². The smallest absolute Gasteiger partial charge is 0.260 e. The molecule has 0 amide bonds. The molecule has 172 valence electrons. The molecule has 0 aliphatic carbocycles. The number of benzene rings is 1. The Morgan fingerprint density at radius 1 is 1.21 bits per heavy atom. The van der Waals surface area contributed by atoms with Gasteiger partial charge in [-0.2, -0.15) is 0 Å². The van der Waals surface area contributed by atoms with Gasteiger partial charge in [-0.3, -0.25) is 4.79 Å². The fourth-order valence-corrected chi connectivity index (χ4v) is 5.66. The number of H-pyrrole nitrogens is 1. The molecule has 1 N–H and O–H groups in total. The number of rotatable bonds is 5. The van der Waals surface area contributed by atoms with Crippen molar-refractivity contribution in [1.82, 2.24) is 24.7 Å². The highest BCUT2D eigenvalue weighted by Crippen LogP contribution is 2.38. The zero-order valence-corrected chi connectivity index (χ0v) is 19.9. The summed E-state index contributed by atoms with van der Waals surface area (Å²) in [6, 6.07) is 11.2. The number of thioether (sulfide) groups is 1. The van der Waals surface area contributed by atoms with Crippen LogP contribution >= 0.6 is 23.1 Å². The number of aromatic nitrogens is 5. The van der Waals surface area contributed by atoms with E-state index in [1.54, 1.807) is 12.3 Å². The van der Waals surface area contributed by atoms with Crippen molar-refractivity contribution in [3.8, 4) is 22.8 Å². The summed E-state index contributed by atoms with van der Waals surface area (Å²) in [6.07, 6.45) is 1.23. The monoisotopic (exact) mass is 493 g/mol. The number of aromatic amines is 1. The number of hydrogen-bond acceptors (Lipinski definition) is 9. The van der Waals surface area contributed by atoms with Crippen molar-refractivity contribution >= 4 is 33.3 Å². The van der Waals surface area contributed by atoms with E-state index in [1.165, 1.54) is 23.1 Å². The summed E-state index contributed by atoms with van der Waals surface area (Å²) in [6.45, 7) is 2.33. The lowest BCUT2D eigenvalue weighted by Gasteiger charge is -2.25. The number of furan rings is 1. The number of fused-ring (bicyclic) bond motifs is 2. The summed E-state index contributed by atoms with van der Waals surface area (Å²) >= 11 is 2.88. The molecule has 4 aromatic heterocycles. The van der Waals surface area contributed by atoms with Crippen molar-refractivity contribution < 1.29 is 13.9 Å². The van der Waals surface area contributed by atoms with Crippen molar-refractivity contribution in [2.24, 2.45) is 7.05 Å². The summed E-state index contributed by atoms with van der Waals surface area (Å²) in [5.41, 5.74) is 0.560. The molecule has 0 spiro atoms. The zero-order chi connectivity index (χ0) is 23.2. The molecule has 0 radical (unpaired) electrons. The van der Waals surface area contributed by atoms with Crippen molar-refractivity contribution in [3.63, 3.8) is 0 Å². The van der Waals surface area contributed by atoms with Crippen LogP contribution in [0.25, 0.3) is 21.5 Å². The molecule has 1 aliphatic heterocycles. The second-order valence-electron chi connectivity index (χ2n) is 7.78. The van der Waals surface area contributed by atoms with Crippen LogP contribution in [0.4, 0.5) is 0 Å². The summed E-state index contributed by atoms with van der Waals surface area (Å²) in [5, 5.41) is 11.7. The van der Waals surface area contributed by atoms with Crippen LogP contribution in [-0.2, 0) is 7.05 Å². The van der Waals surface area contributed by atoms with Crippen LogP contribution in [0.15, 0.2) is 62.4 Å². The third kappa shape index (κ3) is 3.57. The topological polar surface area (TPSA) is 108 Å². The molecule has 0 saturated heterocycles. The van der Waals surface area contributed by atoms with Gasteiger partial charge >= 0.3 is 0 Å². The molecule has 6 rings (SSSR count). The number of nitrogens with zero attached hydrogens (tertiary/aromatic N) is 4. The lowest BCUT2D eigenvalue weighted by Crippen LogP contribution is -2.24. The zero-order valence-electron chi connectivity index (χ0n) is 18.2. The van der Waals surface area contributed by atoms with E-state index in [0.717, 1.165) is 11.3 Å². The molecule has 2 atom stereocenters. The van der Waals surface area contributed by atoms with E-state index < -0.39 is 0 Å². The average molecular weight is 494 g/mol. The molecule has 0 saturated carbocycles. The Balaban J connectivity index is 1.24. The molecule has 5 aromatic rings. The molecule has 2 unspecified atom stereocenters. The van der Waals surface area contributed by atoms with Gasteiger partial charge in [0.1, 0.15) is 23.0 Å². The Kier molecular flexibility index (Phi) is 5.15. The first kappa shape index (κ1) is 21.0. The van der Waals surface area contributed by atoms with Crippen LogP contribution in [0.2, 0.25) is 0 Å². The SMILES string of the molecule is CC(Sc1nnc(C2COc3ccccc3O2)n1C)c1nc2scc(-c3ccco3)c2c(=O)[nH]1. The molecule has 0 fully saturated rings. The van der Waals surface area contributed by atoms with E-state index in [9.17, 15) is 4.79 Å². The predicted octanol–water partition coefficient (Wildman–Crippen LogP) is 4.74.